The Kier molecular flexibility index (Phi) is 6.18. The van der Waals surface area contributed by atoms with E-state index in [9.17, 15) is 23.1 Å². The Morgan fingerprint density at radius 2 is 2.17 bits per heavy atom. The van der Waals surface area contributed by atoms with Crippen LogP contribution in [0.3, 0.4) is 0 Å². The van der Waals surface area contributed by atoms with E-state index in [2.05, 4.69) is 15.3 Å². The van der Waals surface area contributed by atoms with E-state index in [1.165, 1.54) is 6.33 Å². The topological polar surface area (TPSA) is 90.4 Å². The number of nitrogens with zero attached hydrogens (tertiary/aromatic N) is 3. The molecule has 0 spiro atoms. The first kappa shape index (κ1) is 18.2. The molecule has 0 aliphatic carbocycles. The lowest BCUT2D eigenvalue weighted by Gasteiger charge is -2.35. The van der Waals surface area contributed by atoms with Crippen LogP contribution in [0.1, 0.15) is 19.3 Å². The lowest BCUT2D eigenvalue weighted by molar-refractivity contribution is -0.137. The molecule has 0 saturated carbocycles. The molecular formula is C14H20F3N5O2. The van der Waals surface area contributed by atoms with Crippen LogP contribution in [0.25, 0.3) is 0 Å². The highest BCUT2D eigenvalue weighted by Crippen LogP contribution is 2.23. The molecular weight excluding hydrogens is 327 g/mol. The fourth-order valence-electron chi connectivity index (χ4n) is 2.52. The van der Waals surface area contributed by atoms with E-state index in [1.807, 2.05) is 4.90 Å². The van der Waals surface area contributed by atoms with Crippen LogP contribution in [-0.4, -0.2) is 59.4 Å². The summed E-state index contributed by atoms with van der Waals surface area (Å²) >= 11 is 0. The number of nitrogens with one attached hydrogen (secondary N) is 2. The fourth-order valence-corrected chi connectivity index (χ4v) is 2.52. The number of anilines is 2. The number of aromatic nitrogens is 2. The number of aliphatic hydroxyl groups excluding tert-OH is 1. The van der Waals surface area contributed by atoms with Crippen LogP contribution in [0.15, 0.2) is 12.4 Å². The zero-order chi connectivity index (χ0) is 17.6. The highest BCUT2D eigenvalue weighted by atomic mass is 19.4. The molecule has 3 N–H and O–H groups in total. The first-order valence-corrected chi connectivity index (χ1v) is 7.66. The second-order valence-electron chi connectivity index (χ2n) is 5.53. The first-order valence-electron chi connectivity index (χ1n) is 7.66. The van der Waals surface area contributed by atoms with E-state index in [4.69, 9.17) is 0 Å². The number of rotatable bonds is 6. The molecule has 1 aromatic rings. The second-order valence-corrected chi connectivity index (χ2v) is 5.53. The Labute approximate surface area is 137 Å². The molecule has 1 amide bonds. The molecule has 1 fully saturated rings. The molecule has 1 unspecified atom stereocenters. The minimum atomic E-state index is -4.44. The van der Waals surface area contributed by atoms with E-state index >= 15 is 0 Å². The monoisotopic (exact) mass is 347 g/mol. The van der Waals surface area contributed by atoms with Crippen LogP contribution in [0.2, 0.25) is 0 Å². The maximum absolute atomic E-state index is 12.0. The van der Waals surface area contributed by atoms with Gasteiger partial charge in [0.2, 0.25) is 5.91 Å². The normalized spacial score (nSPS) is 18.3. The van der Waals surface area contributed by atoms with Crippen LogP contribution in [0, 0.1) is 0 Å². The molecule has 2 heterocycles. The van der Waals surface area contributed by atoms with Crippen LogP contribution in [0.5, 0.6) is 0 Å². The van der Waals surface area contributed by atoms with Gasteiger partial charge in [-0.3, -0.25) is 4.79 Å². The highest BCUT2D eigenvalue weighted by Gasteiger charge is 2.27. The third-order valence-corrected chi connectivity index (χ3v) is 3.70. The maximum atomic E-state index is 12.0. The van der Waals surface area contributed by atoms with E-state index in [0.29, 0.717) is 11.6 Å². The quantitative estimate of drug-likeness (QED) is 0.709. The van der Waals surface area contributed by atoms with Crippen molar-refractivity contribution in [2.24, 2.45) is 0 Å². The van der Waals surface area contributed by atoms with E-state index in [-0.39, 0.29) is 19.2 Å². The largest absolute Gasteiger partial charge is 0.405 e. The van der Waals surface area contributed by atoms with Crippen LogP contribution < -0.4 is 15.5 Å². The Balaban J connectivity index is 1.91. The number of halogens is 3. The number of carbonyl (C=O) groups is 1. The molecule has 1 saturated heterocycles. The standard InChI is InChI=1S/C14H20F3N5O2/c15-14(16,17)8-19-13(24)6-18-11-5-12(21-9-20-11)22-4-2-1-3-10(22)7-23/h5,9-10,23H,1-4,6-8H2,(H,19,24)(H,18,20,21). The summed E-state index contributed by atoms with van der Waals surface area (Å²) in [6, 6.07) is 1.60. The van der Waals surface area contributed by atoms with Gasteiger partial charge in [-0.15, -0.1) is 0 Å². The molecule has 7 nitrogen and oxygen atoms in total. The van der Waals surface area contributed by atoms with Crippen molar-refractivity contribution in [1.29, 1.82) is 0 Å². The van der Waals surface area contributed by atoms with E-state index in [0.717, 1.165) is 25.8 Å². The summed E-state index contributed by atoms with van der Waals surface area (Å²) in [5.74, 6) is 0.171. The predicted octanol–water partition coefficient (Wildman–Crippen LogP) is 0.918. The van der Waals surface area contributed by atoms with E-state index in [1.54, 1.807) is 11.4 Å². The summed E-state index contributed by atoms with van der Waals surface area (Å²) in [5, 5.41) is 13.9. The summed E-state index contributed by atoms with van der Waals surface area (Å²) in [6.07, 6.45) is -0.233. The summed E-state index contributed by atoms with van der Waals surface area (Å²) in [7, 11) is 0. The number of piperidine rings is 1. The van der Waals surface area contributed by atoms with Crippen molar-refractivity contribution in [3.8, 4) is 0 Å². The molecule has 134 valence electrons. The fraction of sp³-hybridized carbons (Fsp3) is 0.643. The van der Waals surface area contributed by atoms with Gasteiger partial charge in [-0.05, 0) is 19.3 Å². The van der Waals surface area contributed by atoms with Gasteiger partial charge in [0.1, 0.15) is 24.5 Å². The Bertz CT molecular complexity index is 555. The zero-order valence-corrected chi connectivity index (χ0v) is 13.0. The van der Waals surface area contributed by atoms with Gasteiger partial charge in [-0.25, -0.2) is 9.97 Å². The van der Waals surface area contributed by atoms with Crippen molar-refractivity contribution in [2.45, 2.75) is 31.5 Å². The molecule has 1 aromatic heterocycles. The van der Waals surface area contributed by atoms with Gasteiger partial charge >= 0.3 is 6.18 Å². The summed E-state index contributed by atoms with van der Waals surface area (Å²) in [6.45, 7) is -0.912. The minimum Gasteiger partial charge on any atom is -0.394 e. The number of hydrogen-bond donors (Lipinski definition) is 3. The number of amides is 1. The van der Waals surface area contributed by atoms with Crippen molar-refractivity contribution >= 4 is 17.5 Å². The van der Waals surface area contributed by atoms with Gasteiger partial charge in [-0.1, -0.05) is 0 Å². The lowest BCUT2D eigenvalue weighted by Crippen LogP contribution is -2.42. The minimum absolute atomic E-state index is 0.0171. The van der Waals surface area contributed by atoms with Gasteiger partial charge in [-0.2, -0.15) is 13.2 Å². The Hall–Kier alpha value is -2.10. The molecule has 0 bridgehead atoms. The van der Waals surface area contributed by atoms with Crippen LogP contribution >= 0.6 is 0 Å². The summed E-state index contributed by atoms with van der Waals surface area (Å²) in [4.78, 5) is 21.5. The molecule has 10 heteroatoms. The van der Waals surface area contributed by atoms with Crippen LogP contribution in [0.4, 0.5) is 24.8 Å². The lowest BCUT2D eigenvalue weighted by atomic mass is 10.0. The molecule has 0 radical (unpaired) electrons. The smallest absolute Gasteiger partial charge is 0.394 e. The summed E-state index contributed by atoms with van der Waals surface area (Å²) < 4.78 is 36.1. The van der Waals surface area contributed by atoms with Crippen molar-refractivity contribution in [3.63, 3.8) is 0 Å². The average molecular weight is 347 g/mol. The first-order chi connectivity index (χ1) is 11.4. The van der Waals surface area contributed by atoms with Crippen LogP contribution in [-0.2, 0) is 4.79 Å². The SMILES string of the molecule is O=C(CNc1cc(N2CCCCC2CO)ncn1)NCC(F)(F)F. The van der Waals surface area contributed by atoms with Crippen molar-refractivity contribution in [3.05, 3.63) is 12.4 Å². The van der Waals surface area contributed by atoms with Crippen molar-refractivity contribution in [2.75, 3.05) is 36.5 Å². The second kappa shape index (κ2) is 8.13. The average Bonchev–Trinajstić information content (AvgIpc) is 2.57. The predicted molar refractivity (Wildman–Crippen MR) is 81.7 cm³/mol. The molecule has 1 atom stereocenters. The molecule has 24 heavy (non-hydrogen) atoms. The Morgan fingerprint density at radius 1 is 1.38 bits per heavy atom. The van der Waals surface area contributed by atoms with Crippen molar-refractivity contribution < 1.29 is 23.1 Å². The van der Waals surface area contributed by atoms with Gasteiger partial charge in [0.15, 0.2) is 0 Å². The van der Waals surface area contributed by atoms with Crippen molar-refractivity contribution in [1.82, 2.24) is 15.3 Å². The highest BCUT2D eigenvalue weighted by molar-refractivity contribution is 5.80. The number of hydrogen-bond acceptors (Lipinski definition) is 6. The molecule has 0 aromatic carbocycles. The van der Waals surface area contributed by atoms with Gasteiger partial charge in [0.05, 0.1) is 19.2 Å². The van der Waals surface area contributed by atoms with Gasteiger partial charge in [0, 0.05) is 12.6 Å². The third kappa shape index (κ3) is 5.52. The number of aliphatic hydroxyl groups is 1. The zero-order valence-electron chi connectivity index (χ0n) is 13.0. The molecule has 1 aliphatic rings. The number of alkyl halides is 3. The van der Waals surface area contributed by atoms with Gasteiger partial charge in [0.25, 0.3) is 0 Å². The summed E-state index contributed by atoms with van der Waals surface area (Å²) in [5.41, 5.74) is 0. The third-order valence-electron chi connectivity index (χ3n) is 3.70. The van der Waals surface area contributed by atoms with Gasteiger partial charge < -0.3 is 20.6 Å². The maximum Gasteiger partial charge on any atom is 0.405 e. The molecule has 2 rings (SSSR count). The van der Waals surface area contributed by atoms with E-state index < -0.39 is 18.6 Å². The Morgan fingerprint density at radius 3 is 2.88 bits per heavy atom. The molecule has 1 aliphatic heterocycles. The number of carbonyl (C=O) groups excluding carboxylic acids is 1.